The van der Waals surface area contributed by atoms with Gasteiger partial charge in [0, 0.05) is 5.92 Å². The van der Waals surface area contributed by atoms with Gasteiger partial charge < -0.3 is 28.5 Å². The van der Waals surface area contributed by atoms with Crippen molar-refractivity contribution in [2.75, 3.05) is 20.3 Å². The van der Waals surface area contributed by atoms with Gasteiger partial charge in [0.2, 0.25) is 0 Å². The minimum absolute atomic E-state index is 0.232. The minimum atomic E-state index is -0.686. The van der Waals surface area contributed by atoms with Gasteiger partial charge in [-0.15, -0.1) is 0 Å². The van der Waals surface area contributed by atoms with Crippen LogP contribution in [0.1, 0.15) is 38.8 Å². The molecule has 2 heterocycles. The Labute approximate surface area is 240 Å². The minimum Gasteiger partial charge on any atom is -0.497 e. The Morgan fingerprint density at radius 3 is 2.42 bits per heavy atom. The van der Waals surface area contributed by atoms with Crippen molar-refractivity contribution in [1.29, 1.82) is 0 Å². The fraction of sp³-hybridized carbons (Fsp3) is 0.500. The molecule has 10 heteroatoms. The number of ether oxygens (including phenoxy) is 5. The van der Waals surface area contributed by atoms with Crippen LogP contribution in [0.4, 0.5) is 4.79 Å². The van der Waals surface area contributed by atoms with Crippen LogP contribution in [0.2, 0.25) is 0 Å². The third-order valence-corrected chi connectivity index (χ3v) is 7.73. The lowest BCUT2D eigenvalue weighted by Crippen LogP contribution is -2.51. The molecule has 2 aromatic rings. The van der Waals surface area contributed by atoms with Gasteiger partial charge in [-0.25, -0.2) is 4.79 Å². The number of aliphatic imine (C=N–C) groups is 1. The number of rotatable bonds is 10. The van der Waals surface area contributed by atoms with E-state index in [9.17, 15) is 9.59 Å². The molecule has 1 unspecified atom stereocenters. The summed E-state index contributed by atoms with van der Waals surface area (Å²) in [4.78, 5) is 31.5. The van der Waals surface area contributed by atoms with Crippen molar-refractivity contribution in [2.24, 2.45) is 10.9 Å². The highest BCUT2D eigenvalue weighted by molar-refractivity contribution is 8.14. The van der Waals surface area contributed by atoms with E-state index in [-0.39, 0.29) is 19.1 Å². The van der Waals surface area contributed by atoms with Crippen LogP contribution in [-0.4, -0.2) is 72.0 Å². The highest BCUT2D eigenvalue weighted by Gasteiger charge is 2.49. The molecule has 216 valence electrons. The molecule has 1 saturated heterocycles. The van der Waals surface area contributed by atoms with Crippen molar-refractivity contribution >= 4 is 29.3 Å². The normalized spacial score (nSPS) is 24.1. The average molecular weight is 571 g/mol. The van der Waals surface area contributed by atoms with Gasteiger partial charge in [0.1, 0.15) is 35.2 Å². The number of nitrogens with zero attached hydrogens (tertiary/aromatic N) is 2. The van der Waals surface area contributed by atoms with E-state index in [1.165, 1.54) is 16.7 Å². The molecule has 0 spiro atoms. The number of amides is 1. The Hall–Kier alpha value is -2.92. The molecule has 4 rings (SSSR count). The number of hydrogen-bond acceptors (Lipinski definition) is 9. The van der Waals surface area contributed by atoms with Gasteiger partial charge in [-0.05, 0) is 44.0 Å². The quantitative estimate of drug-likeness (QED) is 0.289. The lowest BCUT2D eigenvalue weighted by molar-refractivity contribution is -0.150. The van der Waals surface area contributed by atoms with E-state index in [4.69, 9.17) is 28.7 Å². The smallest absolute Gasteiger partial charge is 0.416 e. The van der Waals surface area contributed by atoms with Gasteiger partial charge in [-0.3, -0.25) is 9.89 Å². The van der Waals surface area contributed by atoms with Crippen LogP contribution in [0.25, 0.3) is 0 Å². The Bertz CT molecular complexity index is 1150. The molecule has 0 radical (unpaired) electrons. The third-order valence-electron chi connectivity index (χ3n) is 6.58. The molecule has 40 heavy (non-hydrogen) atoms. The topological polar surface area (TPSA) is 95.9 Å². The molecule has 0 aliphatic carbocycles. The second-order valence-electron chi connectivity index (χ2n) is 10.8. The van der Waals surface area contributed by atoms with Gasteiger partial charge in [0.05, 0.1) is 39.6 Å². The molecule has 2 aliphatic rings. The van der Waals surface area contributed by atoms with Crippen molar-refractivity contribution in [1.82, 2.24) is 4.90 Å². The lowest BCUT2D eigenvalue weighted by atomic mass is 9.90. The number of carbonyl (C=O) groups excluding carboxylic acids is 2. The highest BCUT2D eigenvalue weighted by atomic mass is 32.2. The summed E-state index contributed by atoms with van der Waals surface area (Å²) in [5.74, 6) is 0.533. The van der Waals surface area contributed by atoms with Gasteiger partial charge in [-0.2, -0.15) is 0 Å². The van der Waals surface area contributed by atoms with Crippen molar-refractivity contribution in [2.45, 2.75) is 70.2 Å². The number of benzene rings is 2. The molecule has 2 aliphatic heterocycles. The Morgan fingerprint density at radius 1 is 1.07 bits per heavy atom. The van der Waals surface area contributed by atoms with E-state index in [1.807, 2.05) is 82.3 Å². The third kappa shape index (κ3) is 7.84. The molecule has 1 amide bonds. The zero-order valence-electron chi connectivity index (χ0n) is 23.6. The summed E-state index contributed by atoms with van der Waals surface area (Å²) in [6.45, 7) is 8.69. The fourth-order valence-corrected chi connectivity index (χ4v) is 5.68. The molecule has 5 atom stereocenters. The Kier molecular flexibility index (Phi) is 10.2. The molecule has 1 fully saturated rings. The van der Waals surface area contributed by atoms with E-state index >= 15 is 0 Å². The number of amidine groups is 1. The maximum absolute atomic E-state index is 13.3. The van der Waals surface area contributed by atoms with Crippen molar-refractivity contribution in [3.8, 4) is 5.75 Å². The number of methoxy groups -OCH3 is 1. The number of fused-ring (bicyclic) bond motifs is 1. The summed E-state index contributed by atoms with van der Waals surface area (Å²) in [6.07, 6.45) is -0.743. The van der Waals surface area contributed by atoms with Crippen LogP contribution < -0.4 is 4.74 Å². The maximum Gasteiger partial charge on any atom is 0.416 e. The zero-order valence-corrected chi connectivity index (χ0v) is 24.5. The summed E-state index contributed by atoms with van der Waals surface area (Å²) < 4.78 is 29.3. The monoisotopic (exact) mass is 570 g/mol. The Morgan fingerprint density at radius 2 is 1.77 bits per heavy atom. The van der Waals surface area contributed by atoms with Gasteiger partial charge in [-0.1, -0.05) is 61.2 Å². The molecule has 0 aromatic heterocycles. The van der Waals surface area contributed by atoms with Crippen molar-refractivity contribution in [3.63, 3.8) is 0 Å². The largest absolute Gasteiger partial charge is 0.497 e. The van der Waals surface area contributed by atoms with Crippen molar-refractivity contribution < 1.29 is 33.3 Å². The van der Waals surface area contributed by atoms with E-state index in [0.717, 1.165) is 23.2 Å². The molecule has 9 nitrogen and oxygen atoms in total. The maximum atomic E-state index is 13.3. The molecule has 0 saturated carbocycles. The number of thioether (sulfide) groups is 1. The van der Waals surface area contributed by atoms with E-state index in [0.29, 0.717) is 18.4 Å². The highest BCUT2D eigenvalue weighted by Crippen LogP contribution is 2.41. The van der Waals surface area contributed by atoms with E-state index < -0.39 is 35.4 Å². The summed E-state index contributed by atoms with van der Waals surface area (Å²) in [7, 11) is 1.62. The summed E-state index contributed by atoms with van der Waals surface area (Å²) >= 11 is 1.30. The number of aldehydes is 1. The second kappa shape index (κ2) is 13.6. The molecule has 0 bridgehead atoms. The van der Waals surface area contributed by atoms with Crippen LogP contribution >= 0.6 is 11.8 Å². The second-order valence-corrected chi connectivity index (χ2v) is 11.8. The van der Waals surface area contributed by atoms with Gasteiger partial charge >= 0.3 is 6.09 Å². The Balaban J connectivity index is 1.49. The van der Waals surface area contributed by atoms with Crippen LogP contribution in [0.3, 0.4) is 0 Å². The summed E-state index contributed by atoms with van der Waals surface area (Å²) in [6, 6.07) is 17.1. The lowest BCUT2D eigenvalue weighted by Gasteiger charge is -2.39. The first-order valence-corrected chi connectivity index (χ1v) is 14.3. The average Bonchev–Trinajstić information content (AvgIpc) is 3.35. The summed E-state index contributed by atoms with van der Waals surface area (Å²) in [5.41, 5.74) is 0.857. The predicted octanol–water partition coefficient (Wildman–Crippen LogP) is 5.07. The SMILES string of the molecule is COc1ccc(COC2[C@H]3N=C(N(CCOCc4ccccc4)C(=O)OC(C)(C)C)S[C@H]3O[C@H](C=O)[C@H]2C)cc1. The first kappa shape index (κ1) is 30.0. The van der Waals surface area contributed by atoms with Crippen LogP contribution in [0, 0.1) is 5.92 Å². The van der Waals surface area contributed by atoms with Gasteiger partial charge in [0.15, 0.2) is 5.17 Å². The standard InChI is InChI=1S/C30H38N2O7S/c1-20-24(17-33)38-27-25(26(20)37-19-22-11-13-23(35-5)14-12-22)31-28(40-27)32(29(34)39-30(2,3)4)15-16-36-18-21-9-7-6-8-10-21/h6-14,17,20,24-27H,15-16,18-19H2,1-5H3/t20-,24-,25-,26?,27-/m1/s1. The van der Waals surface area contributed by atoms with Gasteiger partial charge in [0.25, 0.3) is 0 Å². The molecule has 2 aromatic carbocycles. The summed E-state index contributed by atoms with van der Waals surface area (Å²) in [5, 5.41) is 0.462. The first-order valence-electron chi connectivity index (χ1n) is 13.4. The molecule has 0 N–H and O–H groups in total. The van der Waals surface area contributed by atoms with E-state index in [1.54, 1.807) is 7.11 Å². The van der Waals surface area contributed by atoms with E-state index in [2.05, 4.69) is 0 Å². The first-order chi connectivity index (χ1) is 19.2. The molecular weight excluding hydrogens is 532 g/mol. The predicted molar refractivity (Wildman–Crippen MR) is 153 cm³/mol. The van der Waals surface area contributed by atoms with Crippen LogP contribution in [0.15, 0.2) is 59.6 Å². The number of carbonyl (C=O) groups is 2. The fourth-order valence-electron chi connectivity index (χ4n) is 4.46. The zero-order chi connectivity index (χ0) is 28.7. The molecular formula is C30H38N2O7S. The number of hydrogen-bond donors (Lipinski definition) is 0. The van der Waals surface area contributed by atoms with Crippen LogP contribution in [0.5, 0.6) is 5.75 Å². The van der Waals surface area contributed by atoms with Crippen LogP contribution in [-0.2, 0) is 37.0 Å². The van der Waals surface area contributed by atoms with Crippen molar-refractivity contribution in [3.05, 3.63) is 65.7 Å².